The van der Waals surface area contributed by atoms with Gasteiger partial charge in [-0.1, -0.05) is 0 Å². The molecule has 1 fully saturated rings. The summed E-state index contributed by atoms with van der Waals surface area (Å²) in [5, 5.41) is 0. The summed E-state index contributed by atoms with van der Waals surface area (Å²) in [6, 6.07) is 7.28. The number of benzene rings is 1. The SMILES string of the molecule is NCCC1CCCCN1c1ccc2c(c1)CCO2. The Labute approximate surface area is 109 Å². The molecule has 0 amide bonds. The molecule has 3 rings (SSSR count). The van der Waals surface area contributed by atoms with Crippen molar-refractivity contribution in [2.75, 3.05) is 24.6 Å². The van der Waals surface area contributed by atoms with Crippen molar-refractivity contribution in [3.05, 3.63) is 23.8 Å². The van der Waals surface area contributed by atoms with Crippen LogP contribution in [0.1, 0.15) is 31.2 Å². The summed E-state index contributed by atoms with van der Waals surface area (Å²) in [4.78, 5) is 2.55. The zero-order valence-corrected chi connectivity index (χ0v) is 10.9. The zero-order valence-electron chi connectivity index (χ0n) is 10.9. The van der Waals surface area contributed by atoms with Crippen LogP contribution < -0.4 is 15.4 Å². The van der Waals surface area contributed by atoms with E-state index in [2.05, 4.69) is 23.1 Å². The first kappa shape index (κ1) is 11.8. The fourth-order valence-corrected chi connectivity index (χ4v) is 3.18. The van der Waals surface area contributed by atoms with Crippen molar-refractivity contribution in [1.29, 1.82) is 0 Å². The lowest BCUT2D eigenvalue weighted by atomic mass is 9.98. The Morgan fingerprint density at radius 1 is 1.33 bits per heavy atom. The third-order valence-electron chi connectivity index (χ3n) is 4.13. The van der Waals surface area contributed by atoms with E-state index in [1.165, 1.54) is 37.1 Å². The molecule has 3 heteroatoms. The summed E-state index contributed by atoms with van der Waals surface area (Å²) in [5.41, 5.74) is 8.47. The van der Waals surface area contributed by atoms with Crippen LogP contribution in [0.2, 0.25) is 0 Å². The first-order valence-corrected chi connectivity index (χ1v) is 7.11. The molecule has 2 N–H and O–H groups in total. The number of nitrogens with zero attached hydrogens (tertiary/aromatic N) is 1. The standard InChI is InChI=1S/C15H22N2O/c16-8-6-13-3-1-2-9-17(13)14-4-5-15-12(11-14)7-10-18-15/h4-5,11,13H,1-3,6-10,16H2. The second-order valence-corrected chi connectivity index (χ2v) is 5.31. The predicted octanol–water partition coefficient (Wildman–Crippen LogP) is 2.33. The molecule has 0 spiro atoms. The minimum absolute atomic E-state index is 0.629. The Kier molecular flexibility index (Phi) is 3.41. The molecule has 1 aromatic carbocycles. The highest BCUT2D eigenvalue weighted by Gasteiger charge is 2.23. The lowest BCUT2D eigenvalue weighted by molar-refractivity contribution is 0.357. The molecule has 0 bridgehead atoms. The zero-order chi connectivity index (χ0) is 12.4. The minimum Gasteiger partial charge on any atom is -0.493 e. The van der Waals surface area contributed by atoms with Crippen LogP contribution in [0.5, 0.6) is 5.75 Å². The van der Waals surface area contributed by atoms with Crippen LogP contribution in [0.15, 0.2) is 18.2 Å². The van der Waals surface area contributed by atoms with Gasteiger partial charge in [0.15, 0.2) is 0 Å². The van der Waals surface area contributed by atoms with Gasteiger partial charge in [-0.2, -0.15) is 0 Å². The molecule has 3 nitrogen and oxygen atoms in total. The van der Waals surface area contributed by atoms with E-state index in [1.807, 2.05) is 0 Å². The van der Waals surface area contributed by atoms with E-state index in [1.54, 1.807) is 0 Å². The van der Waals surface area contributed by atoms with E-state index in [0.29, 0.717) is 6.04 Å². The maximum atomic E-state index is 5.74. The summed E-state index contributed by atoms with van der Waals surface area (Å²) in [7, 11) is 0. The lowest BCUT2D eigenvalue weighted by Crippen LogP contribution is -2.40. The number of fused-ring (bicyclic) bond motifs is 1. The highest BCUT2D eigenvalue weighted by molar-refractivity contribution is 5.55. The van der Waals surface area contributed by atoms with E-state index in [9.17, 15) is 0 Å². The van der Waals surface area contributed by atoms with Gasteiger partial charge in [-0.05, 0) is 56.0 Å². The van der Waals surface area contributed by atoms with Crippen LogP contribution in [0, 0.1) is 0 Å². The van der Waals surface area contributed by atoms with Crippen molar-refractivity contribution in [1.82, 2.24) is 0 Å². The molecule has 2 aliphatic rings. The van der Waals surface area contributed by atoms with Gasteiger partial charge in [-0.3, -0.25) is 0 Å². The van der Waals surface area contributed by atoms with Crippen molar-refractivity contribution in [3.63, 3.8) is 0 Å². The number of rotatable bonds is 3. The van der Waals surface area contributed by atoms with E-state index in [-0.39, 0.29) is 0 Å². The Balaban J connectivity index is 1.83. The van der Waals surface area contributed by atoms with Crippen LogP contribution in [0.3, 0.4) is 0 Å². The van der Waals surface area contributed by atoms with Crippen LogP contribution in [0.25, 0.3) is 0 Å². The fourth-order valence-electron chi connectivity index (χ4n) is 3.18. The van der Waals surface area contributed by atoms with E-state index >= 15 is 0 Å². The maximum Gasteiger partial charge on any atom is 0.122 e. The van der Waals surface area contributed by atoms with Crippen LogP contribution in [-0.2, 0) is 6.42 Å². The second-order valence-electron chi connectivity index (χ2n) is 5.31. The molecular formula is C15H22N2O. The third-order valence-corrected chi connectivity index (χ3v) is 4.13. The first-order valence-electron chi connectivity index (χ1n) is 7.11. The molecule has 0 saturated carbocycles. The van der Waals surface area contributed by atoms with Crippen LogP contribution in [0.4, 0.5) is 5.69 Å². The smallest absolute Gasteiger partial charge is 0.122 e. The normalized spacial score (nSPS) is 22.7. The van der Waals surface area contributed by atoms with Crippen molar-refractivity contribution >= 4 is 5.69 Å². The summed E-state index contributed by atoms with van der Waals surface area (Å²) >= 11 is 0. The Bertz CT molecular complexity index is 417. The minimum atomic E-state index is 0.629. The Morgan fingerprint density at radius 2 is 2.28 bits per heavy atom. The van der Waals surface area contributed by atoms with Gasteiger partial charge in [-0.25, -0.2) is 0 Å². The number of nitrogens with two attached hydrogens (primary N) is 1. The van der Waals surface area contributed by atoms with E-state index in [0.717, 1.165) is 31.7 Å². The summed E-state index contributed by atoms with van der Waals surface area (Å²) in [6.45, 7) is 2.80. The molecule has 0 aliphatic carbocycles. The van der Waals surface area contributed by atoms with Gasteiger partial charge in [0, 0.05) is 24.7 Å². The number of anilines is 1. The third kappa shape index (κ3) is 2.19. The summed E-state index contributed by atoms with van der Waals surface area (Å²) in [5.74, 6) is 1.08. The Morgan fingerprint density at radius 3 is 3.17 bits per heavy atom. The van der Waals surface area contributed by atoms with Crippen molar-refractivity contribution in [2.45, 2.75) is 38.1 Å². The molecule has 1 unspecified atom stereocenters. The number of hydrogen-bond acceptors (Lipinski definition) is 3. The molecule has 2 heterocycles. The summed E-state index contributed by atoms with van der Waals surface area (Å²) < 4.78 is 5.58. The van der Waals surface area contributed by atoms with Crippen LogP contribution >= 0.6 is 0 Å². The quantitative estimate of drug-likeness (QED) is 0.889. The fraction of sp³-hybridized carbons (Fsp3) is 0.600. The highest BCUT2D eigenvalue weighted by Crippen LogP contribution is 2.32. The van der Waals surface area contributed by atoms with Crippen molar-refractivity contribution in [3.8, 4) is 5.75 Å². The average molecular weight is 246 g/mol. The monoisotopic (exact) mass is 246 g/mol. The molecule has 98 valence electrons. The average Bonchev–Trinajstić information content (AvgIpc) is 2.87. The molecule has 0 radical (unpaired) electrons. The largest absolute Gasteiger partial charge is 0.493 e. The van der Waals surface area contributed by atoms with E-state index < -0.39 is 0 Å². The molecule has 1 aromatic rings. The molecule has 1 saturated heterocycles. The molecule has 18 heavy (non-hydrogen) atoms. The topological polar surface area (TPSA) is 38.5 Å². The number of piperidine rings is 1. The van der Waals surface area contributed by atoms with Crippen molar-refractivity contribution < 1.29 is 4.74 Å². The van der Waals surface area contributed by atoms with Crippen molar-refractivity contribution in [2.24, 2.45) is 5.73 Å². The van der Waals surface area contributed by atoms with Gasteiger partial charge < -0.3 is 15.4 Å². The van der Waals surface area contributed by atoms with Gasteiger partial charge in [0.1, 0.15) is 5.75 Å². The van der Waals surface area contributed by atoms with E-state index in [4.69, 9.17) is 10.5 Å². The lowest BCUT2D eigenvalue weighted by Gasteiger charge is -2.37. The Hall–Kier alpha value is -1.22. The van der Waals surface area contributed by atoms with Gasteiger partial charge in [0.2, 0.25) is 0 Å². The molecule has 1 atom stereocenters. The summed E-state index contributed by atoms with van der Waals surface area (Å²) in [6.07, 6.45) is 6.08. The number of hydrogen-bond donors (Lipinski definition) is 1. The molecule has 2 aliphatic heterocycles. The maximum absolute atomic E-state index is 5.74. The van der Waals surface area contributed by atoms with Gasteiger partial charge in [0.05, 0.1) is 6.61 Å². The van der Waals surface area contributed by atoms with Gasteiger partial charge >= 0.3 is 0 Å². The highest BCUT2D eigenvalue weighted by atomic mass is 16.5. The van der Waals surface area contributed by atoms with Gasteiger partial charge in [0.25, 0.3) is 0 Å². The predicted molar refractivity (Wildman–Crippen MR) is 74.3 cm³/mol. The van der Waals surface area contributed by atoms with Gasteiger partial charge in [-0.15, -0.1) is 0 Å². The first-order chi connectivity index (χ1) is 8.88. The molecular weight excluding hydrogens is 224 g/mol. The van der Waals surface area contributed by atoms with Crippen LogP contribution in [-0.4, -0.2) is 25.7 Å². The number of ether oxygens (including phenoxy) is 1. The molecule has 0 aromatic heterocycles. The second kappa shape index (κ2) is 5.19.